The average molecular weight is 800 g/mol. The van der Waals surface area contributed by atoms with E-state index in [9.17, 15) is 9.59 Å². The molecule has 54 heavy (non-hydrogen) atoms. The van der Waals surface area contributed by atoms with Crippen molar-refractivity contribution in [3.05, 3.63) is 69.4 Å². The Morgan fingerprint density at radius 1 is 0.852 bits per heavy atom. The fraction of sp³-hybridized carbons (Fsp3) is 0.667. The third-order valence-corrected chi connectivity index (χ3v) is 18.7. The molecule has 0 saturated heterocycles. The van der Waals surface area contributed by atoms with E-state index in [2.05, 4.69) is 71.3 Å². The van der Waals surface area contributed by atoms with Crippen molar-refractivity contribution in [1.29, 1.82) is 0 Å². The molecule has 0 spiro atoms. The standard InChI is InChI=1S/C48H63BrO5/c1-28(27-53-42-36(52-9)18-16-33-37(54-43(51)41(33)42)26-35(50)29-10-13-31(49)14-11-29)32-15-12-30-20-22-47(7)34(40(30)32)17-19-39-46(6)25-24-44(2,3)45(4,5)38(46)21-23-48(39,47)8/h10-11,13-14,16,18,27,30,32,34,37-40H,12,15,17,19-26H2,1-9H3/t30?,32-,34?,37?,38?,39?,40?,46-,47+,48+/m0/s1. The first kappa shape index (κ1) is 38.3. The summed E-state index contributed by atoms with van der Waals surface area (Å²) in [6, 6.07) is 10.9. The highest BCUT2D eigenvalue weighted by Gasteiger charge is 2.69. The minimum atomic E-state index is -0.669. The monoisotopic (exact) mass is 798 g/mol. The highest BCUT2D eigenvalue weighted by Crippen LogP contribution is 2.77. The predicted molar refractivity (Wildman–Crippen MR) is 218 cm³/mol. The summed E-state index contributed by atoms with van der Waals surface area (Å²) in [6.45, 7) is 20.7. The van der Waals surface area contributed by atoms with Gasteiger partial charge in [0, 0.05) is 15.6 Å². The molecule has 5 fully saturated rings. The molecular formula is C48H63BrO5. The van der Waals surface area contributed by atoms with E-state index in [1.165, 1.54) is 69.8 Å². The Morgan fingerprint density at radius 3 is 2.30 bits per heavy atom. The van der Waals surface area contributed by atoms with Gasteiger partial charge in [0.25, 0.3) is 0 Å². The zero-order valence-corrected chi connectivity index (χ0v) is 35.9. The van der Waals surface area contributed by atoms with E-state index in [0.717, 1.165) is 28.1 Å². The Morgan fingerprint density at radius 2 is 1.57 bits per heavy atom. The molecule has 1 heterocycles. The zero-order valence-electron chi connectivity index (χ0n) is 34.3. The quantitative estimate of drug-likeness (QED) is 0.159. The van der Waals surface area contributed by atoms with Crippen LogP contribution in [0.4, 0.5) is 0 Å². The first-order valence-corrected chi connectivity index (χ1v) is 21.8. The van der Waals surface area contributed by atoms with Crippen molar-refractivity contribution in [3.8, 4) is 11.5 Å². The number of carbonyl (C=O) groups is 2. The molecule has 1 aliphatic heterocycles. The topological polar surface area (TPSA) is 61.8 Å². The minimum absolute atomic E-state index is 0.0711. The molecule has 0 aromatic heterocycles. The van der Waals surface area contributed by atoms with Gasteiger partial charge < -0.3 is 14.2 Å². The summed E-state index contributed by atoms with van der Waals surface area (Å²) in [7, 11) is 1.60. The van der Waals surface area contributed by atoms with Gasteiger partial charge in [-0.25, -0.2) is 4.79 Å². The van der Waals surface area contributed by atoms with Crippen LogP contribution in [0.1, 0.15) is 158 Å². The number of ketones is 1. The van der Waals surface area contributed by atoms with E-state index in [1.54, 1.807) is 19.2 Å². The number of methoxy groups -OCH3 is 1. The van der Waals surface area contributed by atoms with Crippen LogP contribution in [0.15, 0.2) is 52.7 Å². The van der Waals surface area contributed by atoms with Crippen LogP contribution in [0.5, 0.6) is 11.5 Å². The van der Waals surface area contributed by atoms with Gasteiger partial charge in [0.05, 0.1) is 19.8 Å². The molecule has 5 nitrogen and oxygen atoms in total. The van der Waals surface area contributed by atoms with E-state index in [1.807, 2.05) is 30.5 Å². The van der Waals surface area contributed by atoms with Gasteiger partial charge in [0.2, 0.25) is 0 Å². The summed E-state index contributed by atoms with van der Waals surface area (Å²) in [5.41, 5.74) is 4.74. The predicted octanol–water partition coefficient (Wildman–Crippen LogP) is 13.0. The average Bonchev–Trinajstić information content (AvgIpc) is 3.70. The van der Waals surface area contributed by atoms with Crippen LogP contribution in [-0.2, 0) is 4.74 Å². The minimum Gasteiger partial charge on any atom is -0.493 e. The summed E-state index contributed by atoms with van der Waals surface area (Å²) in [4.78, 5) is 26.6. The van der Waals surface area contributed by atoms with Gasteiger partial charge in [-0.15, -0.1) is 0 Å². The van der Waals surface area contributed by atoms with Gasteiger partial charge in [-0.2, -0.15) is 0 Å². The Bertz CT molecular complexity index is 1860. The lowest BCUT2D eigenvalue weighted by Crippen LogP contribution is -2.66. The lowest BCUT2D eigenvalue weighted by atomic mass is 9.31. The largest absolute Gasteiger partial charge is 0.493 e. The number of ether oxygens (including phenoxy) is 3. The van der Waals surface area contributed by atoms with Crippen molar-refractivity contribution < 1.29 is 23.8 Å². The molecule has 292 valence electrons. The van der Waals surface area contributed by atoms with Crippen LogP contribution in [0.25, 0.3) is 0 Å². The molecule has 2 aromatic rings. The molecule has 6 aliphatic rings. The van der Waals surface area contributed by atoms with Gasteiger partial charge in [-0.1, -0.05) is 82.6 Å². The lowest BCUT2D eigenvalue weighted by Gasteiger charge is -2.73. The van der Waals surface area contributed by atoms with Crippen molar-refractivity contribution in [2.24, 2.45) is 62.6 Å². The van der Waals surface area contributed by atoms with Gasteiger partial charge in [-0.3, -0.25) is 4.79 Å². The first-order chi connectivity index (χ1) is 25.5. The summed E-state index contributed by atoms with van der Waals surface area (Å²) in [5.74, 6) is 4.53. The molecule has 6 heteroatoms. The van der Waals surface area contributed by atoms with Crippen LogP contribution in [0.3, 0.4) is 0 Å². The number of hydrogen-bond acceptors (Lipinski definition) is 5. The second-order valence-corrected chi connectivity index (χ2v) is 21.3. The molecular weight excluding hydrogens is 736 g/mol. The number of allylic oxidation sites excluding steroid dienone is 1. The number of carbonyl (C=O) groups excluding carboxylic acids is 2. The molecule has 0 N–H and O–H groups in total. The second kappa shape index (κ2) is 13.2. The molecule has 0 amide bonds. The molecule has 0 bridgehead atoms. The second-order valence-electron chi connectivity index (χ2n) is 20.4. The highest BCUT2D eigenvalue weighted by molar-refractivity contribution is 9.10. The first-order valence-electron chi connectivity index (χ1n) is 21.0. The van der Waals surface area contributed by atoms with E-state index in [-0.39, 0.29) is 12.2 Å². The van der Waals surface area contributed by atoms with Crippen molar-refractivity contribution in [3.63, 3.8) is 0 Å². The number of Topliss-reactive ketones (excluding diaryl/α,β-unsaturated/α-hetero) is 1. The molecule has 10 atom stereocenters. The van der Waals surface area contributed by atoms with Gasteiger partial charge in [-0.05, 0) is 157 Å². The summed E-state index contributed by atoms with van der Waals surface area (Å²) >= 11 is 3.43. The van der Waals surface area contributed by atoms with Crippen molar-refractivity contribution in [2.75, 3.05) is 7.11 Å². The SMILES string of the molecule is COc1ccc2c(c1OC=C(C)[C@@H]1CCC3CC[C@]4(C)C(CCC5[C@@]6(C)CCC(C)(C)C(C)(C)C6CC[C@]54C)C31)C(=O)OC2CC(=O)c1ccc(Br)cc1. The maximum Gasteiger partial charge on any atom is 0.343 e. The number of hydrogen-bond donors (Lipinski definition) is 0. The fourth-order valence-corrected chi connectivity index (χ4v) is 14.6. The van der Waals surface area contributed by atoms with E-state index in [4.69, 9.17) is 14.2 Å². The Hall–Kier alpha value is -2.60. The normalized spacial score (nSPS) is 39.0. The van der Waals surface area contributed by atoms with E-state index >= 15 is 0 Å². The van der Waals surface area contributed by atoms with E-state index < -0.39 is 12.1 Å². The smallest absolute Gasteiger partial charge is 0.343 e. The number of benzene rings is 2. The van der Waals surface area contributed by atoms with Crippen molar-refractivity contribution >= 4 is 27.7 Å². The number of rotatable bonds is 7. The van der Waals surface area contributed by atoms with Gasteiger partial charge in [0.15, 0.2) is 17.3 Å². The van der Waals surface area contributed by atoms with Crippen molar-refractivity contribution in [1.82, 2.24) is 0 Å². The van der Waals surface area contributed by atoms with E-state index in [0.29, 0.717) is 67.1 Å². The van der Waals surface area contributed by atoms with Crippen LogP contribution < -0.4 is 9.47 Å². The third kappa shape index (κ3) is 5.55. The fourth-order valence-electron chi connectivity index (χ4n) is 14.3. The molecule has 5 aliphatic carbocycles. The van der Waals surface area contributed by atoms with Crippen LogP contribution in [0, 0.1) is 62.6 Å². The molecule has 8 rings (SSSR count). The van der Waals surface area contributed by atoms with Crippen LogP contribution in [0.2, 0.25) is 0 Å². The number of cyclic esters (lactones) is 1. The summed E-state index contributed by atoms with van der Waals surface area (Å²) in [6.07, 6.45) is 14.7. The Kier molecular flexibility index (Phi) is 9.38. The van der Waals surface area contributed by atoms with Crippen LogP contribution >= 0.6 is 15.9 Å². The molecule has 6 unspecified atom stereocenters. The Labute approximate surface area is 332 Å². The highest BCUT2D eigenvalue weighted by atomic mass is 79.9. The number of fused-ring (bicyclic) bond motifs is 8. The lowest BCUT2D eigenvalue weighted by molar-refractivity contribution is -0.243. The van der Waals surface area contributed by atoms with Crippen molar-refractivity contribution in [2.45, 2.75) is 132 Å². The zero-order chi connectivity index (χ0) is 38.6. The number of halogens is 1. The molecule has 2 aromatic carbocycles. The maximum absolute atomic E-state index is 13.4. The summed E-state index contributed by atoms with van der Waals surface area (Å²) in [5, 5.41) is 0. The maximum atomic E-state index is 13.4. The Balaban J connectivity index is 1.04. The van der Waals surface area contributed by atoms with Crippen LogP contribution in [-0.4, -0.2) is 18.9 Å². The third-order valence-electron chi connectivity index (χ3n) is 18.1. The summed E-state index contributed by atoms with van der Waals surface area (Å²) < 4.78 is 19.0. The molecule has 5 saturated carbocycles. The van der Waals surface area contributed by atoms with Gasteiger partial charge >= 0.3 is 5.97 Å². The number of esters is 1. The van der Waals surface area contributed by atoms with Gasteiger partial charge in [0.1, 0.15) is 11.7 Å². The molecule has 0 radical (unpaired) electrons.